The summed E-state index contributed by atoms with van der Waals surface area (Å²) in [6.45, 7) is 4.33. The Balaban J connectivity index is 1.56. The number of hydrogen-bond acceptors (Lipinski definition) is 5. The van der Waals surface area contributed by atoms with E-state index in [9.17, 15) is 4.79 Å². The Kier molecular flexibility index (Phi) is 5.00. The van der Waals surface area contributed by atoms with Gasteiger partial charge in [-0.2, -0.15) is 0 Å². The number of thioether (sulfide) groups is 2. The zero-order valence-electron chi connectivity index (χ0n) is 14.8. The highest BCUT2D eigenvalue weighted by Gasteiger charge is 2.18. The first-order valence-electron chi connectivity index (χ1n) is 8.61. The maximum Gasteiger partial charge on any atom is 0.336 e. The molecule has 4 rings (SSSR count). The van der Waals surface area contributed by atoms with Gasteiger partial charge in [0.05, 0.1) is 4.58 Å². The molecule has 2 aromatic carbocycles. The third-order valence-corrected chi connectivity index (χ3v) is 7.79. The lowest BCUT2D eigenvalue weighted by Gasteiger charge is -2.12. The van der Waals surface area contributed by atoms with Gasteiger partial charge in [0.15, 0.2) is 0 Å². The molecule has 0 aliphatic carbocycles. The molecular weight excluding hydrogens is 364 g/mol. The Morgan fingerprint density at radius 1 is 1.08 bits per heavy atom. The second-order valence-corrected chi connectivity index (χ2v) is 9.13. The molecule has 134 valence electrons. The number of hydrogen-bond donors (Lipinski definition) is 0. The van der Waals surface area contributed by atoms with Crippen LogP contribution in [0.3, 0.4) is 0 Å². The summed E-state index contributed by atoms with van der Waals surface area (Å²) >= 11 is 3.99. The van der Waals surface area contributed by atoms with E-state index in [1.165, 1.54) is 23.1 Å². The van der Waals surface area contributed by atoms with Crippen LogP contribution in [0.4, 0.5) is 0 Å². The first-order valence-corrected chi connectivity index (χ1v) is 10.7. The van der Waals surface area contributed by atoms with Gasteiger partial charge in [-0.15, -0.1) is 23.5 Å². The minimum atomic E-state index is -0.338. The Morgan fingerprint density at radius 3 is 2.54 bits per heavy atom. The summed E-state index contributed by atoms with van der Waals surface area (Å²) in [6.07, 6.45) is 0. The lowest BCUT2D eigenvalue weighted by atomic mass is 10.0. The standard InChI is InChI=1S/C21H20O3S2/c1-13-3-8-18-16(11-19(22)24-20(18)14(13)2)12-23-17-6-4-15(5-7-17)21-25-9-10-26-21/h3-8,11,21H,9-10,12H2,1-2H3. The molecule has 5 heteroatoms. The normalized spacial score (nSPS) is 14.8. The summed E-state index contributed by atoms with van der Waals surface area (Å²) in [5.41, 5.74) is 4.61. The molecule has 0 bridgehead atoms. The van der Waals surface area contributed by atoms with E-state index in [-0.39, 0.29) is 5.63 Å². The monoisotopic (exact) mass is 384 g/mol. The van der Waals surface area contributed by atoms with E-state index in [0.717, 1.165) is 27.8 Å². The summed E-state index contributed by atoms with van der Waals surface area (Å²) in [6, 6.07) is 13.9. The first-order chi connectivity index (χ1) is 12.6. The van der Waals surface area contributed by atoms with Crippen LogP contribution in [-0.2, 0) is 6.61 Å². The SMILES string of the molecule is Cc1ccc2c(COc3ccc(C4SCCS4)cc3)cc(=O)oc2c1C. The molecule has 0 N–H and O–H groups in total. The number of benzene rings is 2. The topological polar surface area (TPSA) is 39.4 Å². The molecule has 0 atom stereocenters. The number of ether oxygens (including phenoxy) is 1. The van der Waals surface area contributed by atoms with Crippen LogP contribution in [0.2, 0.25) is 0 Å². The molecule has 26 heavy (non-hydrogen) atoms. The lowest BCUT2D eigenvalue weighted by molar-refractivity contribution is 0.306. The van der Waals surface area contributed by atoms with Crippen molar-refractivity contribution in [2.24, 2.45) is 0 Å². The van der Waals surface area contributed by atoms with E-state index in [0.29, 0.717) is 16.8 Å². The predicted octanol–water partition coefficient (Wildman–Crippen LogP) is 5.47. The summed E-state index contributed by atoms with van der Waals surface area (Å²) in [7, 11) is 0. The van der Waals surface area contributed by atoms with E-state index in [4.69, 9.17) is 9.15 Å². The Morgan fingerprint density at radius 2 is 1.81 bits per heavy atom. The first kappa shape index (κ1) is 17.6. The largest absolute Gasteiger partial charge is 0.489 e. The fourth-order valence-electron chi connectivity index (χ4n) is 3.08. The Bertz CT molecular complexity index is 987. The fraction of sp³-hybridized carbons (Fsp3) is 0.286. The van der Waals surface area contributed by atoms with Crippen LogP contribution in [0, 0.1) is 13.8 Å². The molecule has 1 saturated heterocycles. The maximum atomic E-state index is 11.9. The van der Waals surface area contributed by atoms with E-state index >= 15 is 0 Å². The van der Waals surface area contributed by atoms with Crippen LogP contribution in [0.15, 0.2) is 51.7 Å². The average molecular weight is 385 g/mol. The summed E-state index contributed by atoms with van der Waals surface area (Å²) in [5, 5.41) is 0.933. The molecular formula is C21H20O3S2. The highest BCUT2D eigenvalue weighted by Crippen LogP contribution is 2.45. The molecule has 1 fully saturated rings. The molecule has 1 aromatic heterocycles. The van der Waals surface area contributed by atoms with Gasteiger partial charge in [0, 0.05) is 28.5 Å². The van der Waals surface area contributed by atoms with Gasteiger partial charge in [-0.3, -0.25) is 0 Å². The van der Waals surface area contributed by atoms with Crippen LogP contribution >= 0.6 is 23.5 Å². The smallest absolute Gasteiger partial charge is 0.336 e. The minimum absolute atomic E-state index is 0.338. The van der Waals surface area contributed by atoms with Crippen molar-refractivity contribution in [1.29, 1.82) is 0 Å². The quantitative estimate of drug-likeness (QED) is 0.558. The van der Waals surface area contributed by atoms with Gasteiger partial charge >= 0.3 is 5.63 Å². The average Bonchev–Trinajstić information content (AvgIpc) is 3.18. The third kappa shape index (κ3) is 3.51. The number of fused-ring (bicyclic) bond motifs is 1. The predicted molar refractivity (Wildman–Crippen MR) is 110 cm³/mol. The van der Waals surface area contributed by atoms with Crippen LogP contribution in [0.5, 0.6) is 5.75 Å². The van der Waals surface area contributed by atoms with Crippen molar-refractivity contribution in [2.75, 3.05) is 11.5 Å². The number of aryl methyl sites for hydroxylation is 2. The Labute approximate surface area is 161 Å². The van der Waals surface area contributed by atoms with Gasteiger partial charge in [0.1, 0.15) is 17.9 Å². The fourth-order valence-corrected chi connectivity index (χ4v) is 5.94. The molecule has 0 radical (unpaired) electrons. The van der Waals surface area contributed by atoms with E-state index in [1.807, 2.05) is 61.6 Å². The van der Waals surface area contributed by atoms with Gasteiger partial charge < -0.3 is 9.15 Å². The third-order valence-electron chi connectivity index (χ3n) is 4.69. The maximum absolute atomic E-state index is 11.9. The van der Waals surface area contributed by atoms with Gasteiger partial charge in [-0.05, 0) is 42.7 Å². The number of rotatable bonds is 4. The van der Waals surface area contributed by atoms with Crippen molar-refractivity contribution in [3.63, 3.8) is 0 Å². The lowest BCUT2D eigenvalue weighted by Crippen LogP contribution is -2.05. The molecule has 0 spiro atoms. The highest BCUT2D eigenvalue weighted by atomic mass is 32.2. The van der Waals surface area contributed by atoms with E-state index in [2.05, 4.69) is 12.1 Å². The second-order valence-electron chi connectivity index (χ2n) is 6.41. The Hall–Kier alpha value is -1.85. The highest BCUT2D eigenvalue weighted by molar-refractivity contribution is 8.19. The van der Waals surface area contributed by atoms with Crippen LogP contribution < -0.4 is 10.4 Å². The summed E-state index contributed by atoms with van der Waals surface area (Å²) < 4.78 is 11.9. The zero-order valence-corrected chi connectivity index (χ0v) is 16.4. The second kappa shape index (κ2) is 7.41. The van der Waals surface area contributed by atoms with Crippen molar-refractivity contribution in [3.8, 4) is 5.75 Å². The molecule has 1 aliphatic rings. The molecule has 0 unspecified atom stereocenters. The van der Waals surface area contributed by atoms with Crippen molar-refractivity contribution in [2.45, 2.75) is 25.0 Å². The van der Waals surface area contributed by atoms with Gasteiger partial charge in [-0.25, -0.2) is 4.79 Å². The van der Waals surface area contributed by atoms with E-state index < -0.39 is 0 Å². The van der Waals surface area contributed by atoms with Gasteiger partial charge in [-0.1, -0.05) is 24.3 Å². The van der Waals surface area contributed by atoms with Crippen molar-refractivity contribution < 1.29 is 9.15 Å². The molecule has 2 heterocycles. The van der Waals surface area contributed by atoms with Gasteiger partial charge in [0.2, 0.25) is 0 Å². The molecule has 1 aliphatic heterocycles. The van der Waals surface area contributed by atoms with Crippen molar-refractivity contribution >= 4 is 34.5 Å². The van der Waals surface area contributed by atoms with Crippen LogP contribution in [-0.4, -0.2) is 11.5 Å². The van der Waals surface area contributed by atoms with Crippen molar-refractivity contribution in [3.05, 3.63) is 75.1 Å². The molecule has 3 aromatic rings. The molecule has 0 saturated carbocycles. The van der Waals surface area contributed by atoms with Gasteiger partial charge in [0.25, 0.3) is 0 Å². The zero-order chi connectivity index (χ0) is 18.1. The van der Waals surface area contributed by atoms with E-state index in [1.54, 1.807) is 0 Å². The van der Waals surface area contributed by atoms with Crippen LogP contribution in [0.25, 0.3) is 11.0 Å². The summed E-state index contributed by atoms with van der Waals surface area (Å²) in [5.74, 6) is 3.25. The molecule has 3 nitrogen and oxygen atoms in total. The summed E-state index contributed by atoms with van der Waals surface area (Å²) in [4.78, 5) is 11.9. The van der Waals surface area contributed by atoms with Crippen LogP contribution in [0.1, 0.15) is 26.8 Å². The minimum Gasteiger partial charge on any atom is -0.489 e. The molecule has 0 amide bonds. The van der Waals surface area contributed by atoms with Crippen molar-refractivity contribution in [1.82, 2.24) is 0 Å².